The Hall–Kier alpha value is -1.51. The Labute approximate surface area is 112 Å². The van der Waals surface area contributed by atoms with E-state index in [2.05, 4.69) is 4.72 Å². The molecule has 0 aromatic heterocycles. The van der Waals surface area contributed by atoms with Gasteiger partial charge in [0.2, 0.25) is 10.0 Å². The molecule has 0 aliphatic rings. The Morgan fingerprint density at radius 3 is 2.63 bits per heavy atom. The van der Waals surface area contributed by atoms with Gasteiger partial charge in [-0.15, -0.1) is 0 Å². The zero-order valence-electron chi connectivity index (χ0n) is 10.6. The molecule has 19 heavy (non-hydrogen) atoms. The Kier molecular flexibility index (Phi) is 5.40. The highest BCUT2D eigenvalue weighted by molar-refractivity contribution is 7.88. The minimum absolute atomic E-state index is 0.103. The van der Waals surface area contributed by atoms with Gasteiger partial charge in [-0.3, -0.25) is 10.1 Å². The number of nitro groups is 1. The number of nitrogens with one attached hydrogen (secondary N) is 1. The fraction of sp³-hybridized carbons (Fsp3) is 0.455. The zero-order valence-corrected chi connectivity index (χ0v) is 11.4. The molecule has 0 heterocycles. The van der Waals surface area contributed by atoms with E-state index in [9.17, 15) is 18.5 Å². The molecule has 0 bridgehead atoms. The predicted molar refractivity (Wildman–Crippen MR) is 72.0 cm³/mol. The number of hydrogen-bond donors (Lipinski definition) is 2. The zero-order chi connectivity index (χ0) is 14.5. The summed E-state index contributed by atoms with van der Waals surface area (Å²) >= 11 is 0. The van der Waals surface area contributed by atoms with Gasteiger partial charge in [-0.25, -0.2) is 13.1 Å². The summed E-state index contributed by atoms with van der Waals surface area (Å²) < 4.78 is 25.9. The van der Waals surface area contributed by atoms with Crippen molar-refractivity contribution in [2.45, 2.75) is 25.1 Å². The molecule has 106 valence electrons. The second-order valence-electron chi connectivity index (χ2n) is 4.31. The second-order valence-corrected chi connectivity index (χ2v) is 6.11. The maximum absolute atomic E-state index is 11.8. The fourth-order valence-corrected chi connectivity index (χ4v) is 2.69. The lowest BCUT2D eigenvalue weighted by molar-refractivity contribution is -0.385. The molecule has 0 saturated heterocycles. The number of nitrogens with two attached hydrogens (primary N) is 1. The Bertz CT molecular complexity index is 543. The molecule has 1 rings (SSSR count). The summed E-state index contributed by atoms with van der Waals surface area (Å²) in [6, 6.07) is 5.68. The van der Waals surface area contributed by atoms with Crippen LogP contribution in [0.25, 0.3) is 0 Å². The van der Waals surface area contributed by atoms with Gasteiger partial charge in [0, 0.05) is 24.2 Å². The van der Waals surface area contributed by atoms with Gasteiger partial charge in [-0.05, 0) is 13.3 Å². The van der Waals surface area contributed by atoms with Gasteiger partial charge in [0.1, 0.15) is 0 Å². The number of nitrogens with zero attached hydrogens (tertiary/aromatic N) is 1. The first-order valence-corrected chi connectivity index (χ1v) is 7.42. The van der Waals surface area contributed by atoms with Crippen molar-refractivity contribution in [3.05, 3.63) is 39.9 Å². The summed E-state index contributed by atoms with van der Waals surface area (Å²) in [5.41, 5.74) is 5.49. The maximum Gasteiger partial charge on any atom is 0.273 e. The average molecular weight is 287 g/mol. The minimum Gasteiger partial charge on any atom is -0.328 e. The first-order chi connectivity index (χ1) is 8.82. The van der Waals surface area contributed by atoms with E-state index in [1.807, 2.05) is 0 Å². The molecule has 1 aromatic rings. The van der Waals surface area contributed by atoms with Gasteiger partial charge in [0.15, 0.2) is 0 Å². The Morgan fingerprint density at radius 1 is 1.42 bits per heavy atom. The average Bonchev–Trinajstić information content (AvgIpc) is 2.27. The van der Waals surface area contributed by atoms with Crippen molar-refractivity contribution in [2.75, 3.05) is 6.54 Å². The van der Waals surface area contributed by atoms with Crippen LogP contribution < -0.4 is 10.5 Å². The number of hydrogen-bond acceptors (Lipinski definition) is 5. The van der Waals surface area contributed by atoms with Crippen LogP contribution >= 0.6 is 0 Å². The van der Waals surface area contributed by atoms with Crippen molar-refractivity contribution >= 4 is 15.7 Å². The molecule has 0 radical (unpaired) electrons. The molecular formula is C11H17N3O4S. The molecule has 1 atom stereocenters. The third kappa shape index (κ3) is 5.33. The predicted octanol–water partition coefficient (Wildman–Crippen LogP) is 0.752. The largest absolute Gasteiger partial charge is 0.328 e. The van der Waals surface area contributed by atoms with Crippen molar-refractivity contribution in [2.24, 2.45) is 5.73 Å². The van der Waals surface area contributed by atoms with E-state index < -0.39 is 20.7 Å². The van der Waals surface area contributed by atoms with Crippen LogP contribution in [0.5, 0.6) is 0 Å². The topological polar surface area (TPSA) is 115 Å². The van der Waals surface area contributed by atoms with Crippen LogP contribution in [0.2, 0.25) is 0 Å². The SMILES string of the molecule is CC(N)CCNS(=O)(=O)Cc1ccccc1[N+](=O)[O-]. The lowest BCUT2D eigenvalue weighted by Gasteiger charge is -2.08. The maximum atomic E-state index is 11.8. The highest BCUT2D eigenvalue weighted by atomic mass is 32.2. The summed E-state index contributed by atoms with van der Waals surface area (Å²) in [6.07, 6.45) is 0.510. The highest BCUT2D eigenvalue weighted by Gasteiger charge is 2.19. The van der Waals surface area contributed by atoms with Crippen molar-refractivity contribution < 1.29 is 13.3 Å². The standard InChI is InChI=1S/C11H17N3O4S/c1-9(12)6-7-13-19(17,18)8-10-4-2-3-5-11(10)14(15)16/h2-5,9,13H,6-8,12H2,1H3. The van der Waals surface area contributed by atoms with Crippen LogP contribution in [-0.4, -0.2) is 25.9 Å². The molecule has 7 nitrogen and oxygen atoms in total. The smallest absolute Gasteiger partial charge is 0.273 e. The lowest BCUT2D eigenvalue weighted by Crippen LogP contribution is -2.30. The van der Waals surface area contributed by atoms with Crippen LogP contribution in [0, 0.1) is 10.1 Å². The highest BCUT2D eigenvalue weighted by Crippen LogP contribution is 2.19. The summed E-state index contributed by atoms with van der Waals surface area (Å²) in [4.78, 5) is 10.2. The van der Waals surface area contributed by atoms with Crippen molar-refractivity contribution in [1.82, 2.24) is 4.72 Å². The van der Waals surface area contributed by atoms with E-state index in [4.69, 9.17) is 5.73 Å². The molecule has 1 aromatic carbocycles. The number of nitro benzene ring substituents is 1. The van der Waals surface area contributed by atoms with E-state index in [0.29, 0.717) is 6.42 Å². The van der Waals surface area contributed by atoms with Crippen LogP contribution in [-0.2, 0) is 15.8 Å². The molecule has 0 spiro atoms. The van der Waals surface area contributed by atoms with E-state index in [-0.39, 0.29) is 23.8 Å². The van der Waals surface area contributed by atoms with E-state index in [1.54, 1.807) is 13.0 Å². The van der Waals surface area contributed by atoms with Gasteiger partial charge >= 0.3 is 0 Å². The van der Waals surface area contributed by atoms with Crippen LogP contribution in [0.4, 0.5) is 5.69 Å². The molecule has 0 aliphatic heterocycles. The molecular weight excluding hydrogens is 270 g/mol. The molecule has 3 N–H and O–H groups in total. The quantitative estimate of drug-likeness (QED) is 0.567. The van der Waals surface area contributed by atoms with Gasteiger partial charge in [-0.1, -0.05) is 18.2 Å². The third-order valence-electron chi connectivity index (χ3n) is 2.46. The first-order valence-electron chi connectivity index (χ1n) is 5.77. The first kappa shape index (κ1) is 15.5. The minimum atomic E-state index is -3.60. The monoisotopic (exact) mass is 287 g/mol. The van der Waals surface area contributed by atoms with Gasteiger partial charge in [0.25, 0.3) is 5.69 Å². The summed E-state index contributed by atoms with van der Waals surface area (Å²) in [6.45, 7) is 2.00. The molecule has 0 amide bonds. The number of para-hydroxylation sites is 1. The van der Waals surface area contributed by atoms with Gasteiger partial charge < -0.3 is 5.73 Å². The number of rotatable bonds is 7. The summed E-state index contributed by atoms with van der Waals surface area (Å²) in [7, 11) is -3.60. The van der Waals surface area contributed by atoms with Crippen molar-refractivity contribution in [3.63, 3.8) is 0 Å². The molecule has 8 heteroatoms. The molecule has 0 saturated carbocycles. The molecule has 1 unspecified atom stereocenters. The van der Waals surface area contributed by atoms with Crippen molar-refractivity contribution in [3.8, 4) is 0 Å². The van der Waals surface area contributed by atoms with E-state index >= 15 is 0 Å². The van der Waals surface area contributed by atoms with Crippen LogP contribution in [0.15, 0.2) is 24.3 Å². The Balaban J connectivity index is 2.76. The molecule has 0 fully saturated rings. The third-order valence-corrected chi connectivity index (χ3v) is 3.79. The van der Waals surface area contributed by atoms with Gasteiger partial charge in [0.05, 0.1) is 10.7 Å². The Morgan fingerprint density at radius 2 is 2.05 bits per heavy atom. The van der Waals surface area contributed by atoms with E-state index in [0.717, 1.165) is 0 Å². The summed E-state index contributed by atoms with van der Waals surface area (Å²) in [5, 5.41) is 10.8. The lowest BCUT2D eigenvalue weighted by atomic mass is 10.2. The fourth-order valence-electron chi connectivity index (χ4n) is 1.51. The van der Waals surface area contributed by atoms with E-state index in [1.165, 1.54) is 18.2 Å². The van der Waals surface area contributed by atoms with Gasteiger partial charge in [-0.2, -0.15) is 0 Å². The van der Waals surface area contributed by atoms with Crippen molar-refractivity contribution in [1.29, 1.82) is 0 Å². The summed E-state index contributed by atoms with van der Waals surface area (Å²) in [5.74, 6) is -0.414. The van der Waals surface area contributed by atoms with Crippen LogP contribution in [0.3, 0.4) is 0 Å². The molecule has 0 aliphatic carbocycles. The normalized spacial score (nSPS) is 13.2. The number of sulfonamides is 1. The number of benzene rings is 1. The van der Waals surface area contributed by atoms with Crippen LogP contribution in [0.1, 0.15) is 18.9 Å². The second kappa shape index (κ2) is 6.60.